The number of nitro benzene ring substituents is 1. The van der Waals surface area contributed by atoms with Crippen molar-refractivity contribution in [3.63, 3.8) is 0 Å². The van der Waals surface area contributed by atoms with Crippen LogP contribution in [0.5, 0.6) is 0 Å². The molecule has 36 heavy (non-hydrogen) atoms. The molecule has 0 radical (unpaired) electrons. The van der Waals surface area contributed by atoms with Crippen molar-refractivity contribution in [2.24, 2.45) is 0 Å². The molecule has 8 heteroatoms. The van der Waals surface area contributed by atoms with Crippen molar-refractivity contribution in [3.8, 4) is 33.8 Å². The zero-order valence-corrected chi connectivity index (χ0v) is 19.5. The van der Waals surface area contributed by atoms with E-state index in [4.69, 9.17) is 9.40 Å². The molecule has 0 unspecified atom stereocenters. The van der Waals surface area contributed by atoms with Crippen molar-refractivity contribution in [1.82, 2.24) is 9.38 Å². The Bertz CT molecular complexity index is 1840. The van der Waals surface area contributed by atoms with Gasteiger partial charge in [0.15, 0.2) is 4.96 Å². The number of aromatic nitrogens is 2. The number of nitrogens with zero attached hydrogens (tertiary/aromatic N) is 3. The van der Waals surface area contributed by atoms with Crippen LogP contribution < -0.4 is 10.1 Å². The van der Waals surface area contributed by atoms with Crippen LogP contribution >= 0.6 is 11.3 Å². The molecule has 174 valence electrons. The maximum atomic E-state index is 13.6. The second-order valence-electron chi connectivity index (χ2n) is 8.05. The van der Waals surface area contributed by atoms with Crippen LogP contribution in [0.1, 0.15) is 5.76 Å². The van der Waals surface area contributed by atoms with E-state index in [1.165, 1.54) is 17.4 Å². The highest BCUT2D eigenvalue weighted by atomic mass is 32.1. The van der Waals surface area contributed by atoms with Crippen LogP contribution in [0.3, 0.4) is 0 Å². The van der Waals surface area contributed by atoms with Crippen molar-refractivity contribution >= 4 is 28.1 Å². The number of hydrogen-bond acceptors (Lipinski definition) is 6. The number of fused-ring (bicyclic) bond motifs is 1. The van der Waals surface area contributed by atoms with Gasteiger partial charge in [0.25, 0.3) is 11.2 Å². The average Bonchev–Trinajstić information content (AvgIpc) is 3.61. The minimum absolute atomic E-state index is 0.0431. The van der Waals surface area contributed by atoms with E-state index in [1.807, 2.05) is 60.7 Å². The molecule has 0 N–H and O–H groups in total. The maximum Gasteiger partial charge on any atom is 0.280 e. The molecule has 0 amide bonds. The number of furan rings is 1. The highest BCUT2D eigenvalue weighted by Gasteiger charge is 2.20. The quantitative estimate of drug-likeness (QED) is 0.224. The normalized spacial score (nSPS) is 11.8. The Kier molecular flexibility index (Phi) is 5.28. The van der Waals surface area contributed by atoms with Gasteiger partial charge in [-0.25, -0.2) is 9.38 Å². The highest BCUT2D eigenvalue weighted by Crippen LogP contribution is 2.33. The fourth-order valence-corrected chi connectivity index (χ4v) is 5.16. The van der Waals surface area contributed by atoms with Crippen molar-refractivity contribution in [2.75, 3.05) is 0 Å². The fourth-order valence-electron chi connectivity index (χ4n) is 4.21. The second-order valence-corrected chi connectivity index (χ2v) is 9.06. The number of hydrogen-bond donors (Lipinski definition) is 0. The van der Waals surface area contributed by atoms with E-state index in [0.29, 0.717) is 26.6 Å². The topological polar surface area (TPSA) is 90.6 Å². The smallest absolute Gasteiger partial charge is 0.280 e. The molecular formula is C28H17N3O4S. The Morgan fingerprint density at radius 2 is 1.53 bits per heavy atom. The molecule has 0 aliphatic heterocycles. The molecule has 3 aromatic heterocycles. The van der Waals surface area contributed by atoms with Crippen molar-refractivity contribution in [3.05, 3.63) is 128 Å². The summed E-state index contributed by atoms with van der Waals surface area (Å²) < 4.78 is 7.97. The van der Waals surface area contributed by atoms with Gasteiger partial charge in [-0.05, 0) is 18.2 Å². The van der Waals surface area contributed by atoms with Crippen LogP contribution in [0.2, 0.25) is 0 Å². The summed E-state index contributed by atoms with van der Waals surface area (Å²) in [6.45, 7) is 0. The monoisotopic (exact) mass is 491 g/mol. The van der Waals surface area contributed by atoms with Crippen LogP contribution in [-0.2, 0) is 0 Å². The van der Waals surface area contributed by atoms with E-state index >= 15 is 0 Å². The summed E-state index contributed by atoms with van der Waals surface area (Å²) in [5.41, 5.74) is 3.43. The fraction of sp³-hybridized carbons (Fsp3) is 0. The molecule has 0 atom stereocenters. The van der Waals surface area contributed by atoms with Crippen molar-refractivity contribution in [1.29, 1.82) is 0 Å². The highest BCUT2D eigenvalue weighted by molar-refractivity contribution is 7.15. The third kappa shape index (κ3) is 3.70. The summed E-state index contributed by atoms with van der Waals surface area (Å²) in [6.07, 6.45) is 1.65. The molecule has 6 aromatic rings. The predicted molar refractivity (Wildman–Crippen MR) is 140 cm³/mol. The van der Waals surface area contributed by atoms with Crippen LogP contribution in [-0.4, -0.2) is 14.3 Å². The lowest BCUT2D eigenvalue weighted by atomic mass is 10.1. The van der Waals surface area contributed by atoms with Gasteiger partial charge < -0.3 is 4.42 Å². The molecule has 0 bridgehead atoms. The van der Waals surface area contributed by atoms with Gasteiger partial charge in [-0.2, -0.15) is 0 Å². The lowest BCUT2D eigenvalue weighted by molar-refractivity contribution is -0.384. The number of benzene rings is 3. The molecule has 0 saturated heterocycles. The molecule has 7 nitrogen and oxygen atoms in total. The number of rotatable bonds is 5. The lowest BCUT2D eigenvalue weighted by Crippen LogP contribution is -2.23. The largest absolute Gasteiger partial charge is 0.456 e. The first-order valence-electron chi connectivity index (χ1n) is 11.1. The third-order valence-electron chi connectivity index (χ3n) is 5.82. The van der Waals surface area contributed by atoms with Crippen LogP contribution in [0.15, 0.2) is 106 Å². The predicted octanol–water partition coefficient (Wildman–Crippen LogP) is 5.81. The molecular weight excluding hydrogens is 474 g/mol. The average molecular weight is 492 g/mol. The molecule has 0 aliphatic carbocycles. The van der Waals surface area contributed by atoms with E-state index in [1.54, 1.807) is 40.8 Å². The van der Waals surface area contributed by atoms with Gasteiger partial charge in [0, 0.05) is 23.3 Å². The lowest BCUT2D eigenvalue weighted by Gasteiger charge is -2.04. The number of imidazole rings is 1. The Labute approximate surface area is 208 Å². The van der Waals surface area contributed by atoms with Crippen molar-refractivity contribution in [2.45, 2.75) is 0 Å². The summed E-state index contributed by atoms with van der Waals surface area (Å²) in [5, 5.41) is 11.4. The summed E-state index contributed by atoms with van der Waals surface area (Å²) >= 11 is 1.27. The minimum atomic E-state index is -0.444. The van der Waals surface area contributed by atoms with Gasteiger partial charge >= 0.3 is 0 Å². The Morgan fingerprint density at radius 3 is 2.25 bits per heavy atom. The molecule has 0 aliphatic rings. The van der Waals surface area contributed by atoms with E-state index in [2.05, 4.69) is 0 Å². The molecule has 0 saturated carbocycles. The first kappa shape index (κ1) is 21.7. The third-order valence-corrected chi connectivity index (χ3v) is 6.79. The second kappa shape index (κ2) is 8.75. The van der Waals surface area contributed by atoms with Crippen molar-refractivity contribution < 1.29 is 9.34 Å². The Morgan fingerprint density at radius 1 is 0.861 bits per heavy atom. The Balaban J connectivity index is 1.50. The molecule has 3 aromatic carbocycles. The summed E-state index contributed by atoms with van der Waals surface area (Å²) in [4.78, 5) is 29.9. The van der Waals surface area contributed by atoms with Gasteiger partial charge in [-0.3, -0.25) is 14.9 Å². The van der Waals surface area contributed by atoms with E-state index in [9.17, 15) is 14.9 Å². The Hall–Kier alpha value is -4.82. The number of nitro groups is 1. The van der Waals surface area contributed by atoms with E-state index in [-0.39, 0.29) is 11.2 Å². The number of thiazole rings is 1. The van der Waals surface area contributed by atoms with Crippen LogP contribution in [0.4, 0.5) is 5.69 Å². The first-order chi connectivity index (χ1) is 17.6. The summed E-state index contributed by atoms with van der Waals surface area (Å²) in [5.74, 6) is 0.785. The zero-order chi connectivity index (χ0) is 24.6. The van der Waals surface area contributed by atoms with Gasteiger partial charge in [0.2, 0.25) is 0 Å². The standard InChI is InChI=1S/C28H17N3O4S/c32-27-24(17-20-15-16-23(35-20)21-13-7-8-14-22(21)31(33)34)36-28-29-25(18-9-3-1-4-10-18)26(30(27)28)19-11-5-2-6-12-19/h1-17H/b24-17+. The molecule has 3 heterocycles. The molecule has 6 rings (SSSR count). The minimum Gasteiger partial charge on any atom is -0.456 e. The van der Waals surface area contributed by atoms with Crippen LogP contribution in [0, 0.1) is 10.1 Å². The van der Waals surface area contributed by atoms with Gasteiger partial charge in [-0.15, -0.1) is 0 Å². The first-order valence-corrected chi connectivity index (χ1v) is 11.9. The SMILES string of the molecule is O=c1/c(=C\c2ccc(-c3ccccc3[N+](=O)[O-])o2)sc2nc(-c3ccccc3)c(-c3ccccc3)n12. The maximum absolute atomic E-state index is 13.6. The van der Waals surface area contributed by atoms with Gasteiger partial charge in [0.1, 0.15) is 16.1 Å². The zero-order valence-electron chi connectivity index (χ0n) is 18.7. The summed E-state index contributed by atoms with van der Waals surface area (Å²) in [7, 11) is 0. The number of para-hydroxylation sites is 1. The van der Waals surface area contributed by atoms with Gasteiger partial charge in [0.05, 0.1) is 21.9 Å². The summed E-state index contributed by atoms with van der Waals surface area (Å²) in [6, 6.07) is 29.3. The van der Waals surface area contributed by atoms with Crippen LogP contribution in [0.25, 0.3) is 44.9 Å². The molecule has 0 spiro atoms. The van der Waals surface area contributed by atoms with E-state index in [0.717, 1.165) is 22.5 Å². The molecule has 0 fully saturated rings. The van der Waals surface area contributed by atoms with E-state index < -0.39 is 4.92 Å². The van der Waals surface area contributed by atoms with Gasteiger partial charge in [-0.1, -0.05) is 84.1 Å².